The van der Waals surface area contributed by atoms with Gasteiger partial charge in [-0.2, -0.15) is 0 Å². The average molecular weight is 401 g/mol. The Hall–Kier alpha value is -2.45. The number of aromatic nitrogens is 1. The number of carbonyl (C=O) groups is 2. The number of hydrogen-bond acceptors (Lipinski definition) is 6. The van der Waals surface area contributed by atoms with E-state index in [0.29, 0.717) is 49.2 Å². The first kappa shape index (κ1) is 18.9. The number of ether oxygens (including phenoxy) is 2. The maximum Gasteiger partial charge on any atom is 0.257 e. The lowest BCUT2D eigenvalue weighted by molar-refractivity contribution is -0.124. The number of anilines is 1. The van der Waals surface area contributed by atoms with E-state index in [2.05, 4.69) is 10.3 Å². The first-order valence-electron chi connectivity index (χ1n) is 9.58. The van der Waals surface area contributed by atoms with Gasteiger partial charge in [0, 0.05) is 24.4 Å². The largest absolute Gasteiger partial charge is 0.493 e. The zero-order valence-electron chi connectivity index (χ0n) is 15.8. The monoisotopic (exact) mass is 401 g/mol. The maximum atomic E-state index is 13.0. The number of nitrogens with zero attached hydrogens (tertiary/aromatic N) is 2. The molecule has 1 unspecified atom stereocenters. The highest BCUT2D eigenvalue weighted by atomic mass is 32.1. The number of nitrogens with one attached hydrogen (secondary N) is 1. The standard InChI is InChI=1S/C20H23N3O4S/c1-2-26-15-7-4-3-6-13(15)19(25)23-10-9-14-17(12-23)28-20(21-14)22-18(24)16-8-5-11-27-16/h3-4,6-7,16H,2,5,8-12H2,1H3,(H,21,22,24). The molecule has 3 heterocycles. The summed E-state index contributed by atoms with van der Waals surface area (Å²) < 4.78 is 11.0. The van der Waals surface area contributed by atoms with Gasteiger partial charge >= 0.3 is 0 Å². The summed E-state index contributed by atoms with van der Waals surface area (Å²) in [5.74, 6) is 0.421. The summed E-state index contributed by atoms with van der Waals surface area (Å²) in [6.07, 6.45) is 1.95. The van der Waals surface area contributed by atoms with Crippen LogP contribution >= 0.6 is 11.3 Å². The number of fused-ring (bicyclic) bond motifs is 1. The highest BCUT2D eigenvalue weighted by molar-refractivity contribution is 7.15. The Morgan fingerprint density at radius 3 is 3.04 bits per heavy atom. The Morgan fingerprint density at radius 1 is 1.39 bits per heavy atom. The molecule has 148 valence electrons. The molecule has 0 saturated carbocycles. The minimum atomic E-state index is -0.380. The first-order valence-corrected chi connectivity index (χ1v) is 10.4. The Labute approximate surface area is 167 Å². The van der Waals surface area contributed by atoms with Gasteiger partial charge in [-0.1, -0.05) is 23.5 Å². The van der Waals surface area contributed by atoms with Crippen molar-refractivity contribution >= 4 is 28.3 Å². The quantitative estimate of drug-likeness (QED) is 0.833. The van der Waals surface area contributed by atoms with E-state index in [4.69, 9.17) is 9.47 Å². The van der Waals surface area contributed by atoms with Crippen molar-refractivity contribution in [3.8, 4) is 5.75 Å². The molecule has 7 nitrogen and oxygen atoms in total. The van der Waals surface area contributed by atoms with Gasteiger partial charge in [0.15, 0.2) is 5.13 Å². The van der Waals surface area contributed by atoms with Gasteiger partial charge in [0.2, 0.25) is 0 Å². The summed E-state index contributed by atoms with van der Waals surface area (Å²) >= 11 is 1.43. The Balaban J connectivity index is 1.45. The molecular formula is C20H23N3O4S. The molecule has 1 N–H and O–H groups in total. The fourth-order valence-electron chi connectivity index (χ4n) is 3.49. The van der Waals surface area contributed by atoms with Crippen molar-refractivity contribution in [1.82, 2.24) is 9.88 Å². The van der Waals surface area contributed by atoms with Crippen molar-refractivity contribution in [1.29, 1.82) is 0 Å². The fraction of sp³-hybridized carbons (Fsp3) is 0.450. The average Bonchev–Trinajstić information content (AvgIpc) is 3.37. The molecule has 1 aromatic heterocycles. The molecule has 28 heavy (non-hydrogen) atoms. The van der Waals surface area contributed by atoms with E-state index in [0.717, 1.165) is 23.4 Å². The number of rotatable bonds is 5. The molecule has 2 aromatic rings. The lowest BCUT2D eigenvalue weighted by atomic mass is 10.1. The van der Waals surface area contributed by atoms with Crippen LogP contribution in [0.25, 0.3) is 0 Å². The van der Waals surface area contributed by atoms with E-state index in [1.54, 1.807) is 6.07 Å². The van der Waals surface area contributed by atoms with E-state index in [1.807, 2.05) is 30.0 Å². The van der Waals surface area contributed by atoms with Gasteiger partial charge in [-0.15, -0.1) is 0 Å². The molecule has 2 aliphatic rings. The van der Waals surface area contributed by atoms with Crippen LogP contribution in [0.3, 0.4) is 0 Å². The van der Waals surface area contributed by atoms with Crippen LogP contribution in [0.5, 0.6) is 5.75 Å². The van der Waals surface area contributed by atoms with Gasteiger partial charge < -0.3 is 14.4 Å². The molecule has 2 aliphatic heterocycles. The van der Waals surface area contributed by atoms with E-state index in [-0.39, 0.29) is 17.9 Å². The van der Waals surface area contributed by atoms with Crippen molar-refractivity contribution in [2.75, 3.05) is 25.1 Å². The molecule has 0 aliphatic carbocycles. The van der Waals surface area contributed by atoms with Crippen LogP contribution in [0.4, 0.5) is 5.13 Å². The normalized spacial score (nSPS) is 18.6. The second-order valence-electron chi connectivity index (χ2n) is 6.79. The number of carbonyl (C=O) groups excluding carboxylic acids is 2. The Kier molecular flexibility index (Phi) is 5.59. The zero-order chi connectivity index (χ0) is 19.5. The molecule has 8 heteroatoms. The minimum Gasteiger partial charge on any atom is -0.493 e. The van der Waals surface area contributed by atoms with E-state index >= 15 is 0 Å². The molecule has 2 amide bonds. The minimum absolute atomic E-state index is 0.0481. The molecular weight excluding hydrogens is 378 g/mol. The number of amides is 2. The van der Waals surface area contributed by atoms with Gasteiger partial charge in [-0.05, 0) is 31.9 Å². The molecule has 0 radical (unpaired) electrons. The summed E-state index contributed by atoms with van der Waals surface area (Å²) in [7, 11) is 0. The predicted molar refractivity (Wildman–Crippen MR) is 106 cm³/mol. The summed E-state index contributed by atoms with van der Waals surface area (Å²) in [6.45, 7) is 4.12. The topological polar surface area (TPSA) is 80.8 Å². The fourth-order valence-corrected chi connectivity index (χ4v) is 4.51. The Morgan fingerprint density at radius 2 is 2.25 bits per heavy atom. The molecule has 0 bridgehead atoms. The number of hydrogen-bond donors (Lipinski definition) is 1. The van der Waals surface area contributed by atoms with Crippen LogP contribution in [-0.4, -0.2) is 47.6 Å². The molecule has 1 fully saturated rings. The zero-order valence-corrected chi connectivity index (χ0v) is 16.6. The van der Waals surface area contributed by atoms with Crippen molar-refractivity contribution in [2.24, 2.45) is 0 Å². The lowest BCUT2D eigenvalue weighted by Gasteiger charge is -2.26. The molecule has 1 atom stereocenters. The van der Waals surface area contributed by atoms with Crippen molar-refractivity contribution in [2.45, 2.75) is 38.8 Å². The molecule has 0 spiro atoms. The number of benzene rings is 1. The van der Waals surface area contributed by atoms with E-state index < -0.39 is 0 Å². The summed E-state index contributed by atoms with van der Waals surface area (Å²) in [5, 5.41) is 3.44. The molecule has 1 saturated heterocycles. The van der Waals surface area contributed by atoms with Gasteiger partial charge in [-0.3, -0.25) is 14.9 Å². The lowest BCUT2D eigenvalue weighted by Crippen LogP contribution is -2.35. The number of thiazole rings is 1. The SMILES string of the molecule is CCOc1ccccc1C(=O)N1CCc2nc(NC(=O)C3CCCO3)sc2C1. The first-order chi connectivity index (χ1) is 13.7. The van der Waals surface area contributed by atoms with Crippen LogP contribution in [0.2, 0.25) is 0 Å². The number of para-hydroxylation sites is 1. The van der Waals surface area contributed by atoms with E-state index in [9.17, 15) is 9.59 Å². The molecule has 1 aromatic carbocycles. The predicted octanol–water partition coefficient (Wildman–Crippen LogP) is 2.86. The van der Waals surface area contributed by atoms with Crippen LogP contribution in [0.15, 0.2) is 24.3 Å². The van der Waals surface area contributed by atoms with Crippen molar-refractivity contribution in [3.05, 3.63) is 40.4 Å². The smallest absolute Gasteiger partial charge is 0.257 e. The van der Waals surface area contributed by atoms with E-state index in [1.165, 1.54) is 11.3 Å². The van der Waals surface area contributed by atoms with Crippen LogP contribution < -0.4 is 10.1 Å². The van der Waals surface area contributed by atoms with Gasteiger partial charge in [0.05, 0.1) is 24.4 Å². The van der Waals surface area contributed by atoms with Gasteiger partial charge in [-0.25, -0.2) is 4.98 Å². The Bertz CT molecular complexity index is 876. The third kappa shape index (κ3) is 3.88. The van der Waals surface area contributed by atoms with Crippen molar-refractivity contribution < 1.29 is 19.1 Å². The van der Waals surface area contributed by atoms with Crippen molar-refractivity contribution in [3.63, 3.8) is 0 Å². The third-order valence-corrected chi connectivity index (χ3v) is 5.89. The second-order valence-corrected chi connectivity index (χ2v) is 7.87. The highest BCUT2D eigenvalue weighted by Gasteiger charge is 2.28. The van der Waals surface area contributed by atoms with Gasteiger partial charge in [0.25, 0.3) is 11.8 Å². The highest BCUT2D eigenvalue weighted by Crippen LogP contribution is 2.30. The third-order valence-electron chi connectivity index (χ3n) is 4.89. The summed E-state index contributed by atoms with van der Waals surface area (Å²) in [5.41, 5.74) is 1.53. The second kappa shape index (κ2) is 8.28. The molecule has 4 rings (SSSR count). The van der Waals surface area contributed by atoms with Crippen LogP contribution in [0.1, 0.15) is 40.7 Å². The van der Waals surface area contributed by atoms with Crippen LogP contribution in [-0.2, 0) is 22.5 Å². The van der Waals surface area contributed by atoms with Gasteiger partial charge in [0.1, 0.15) is 11.9 Å². The summed E-state index contributed by atoms with van der Waals surface area (Å²) in [6, 6.07) is 7.32. The summed E-state index contributed by atoms with van der Waals surface area (Å²) in [4.78, 5) is 32.6. The maximum absolute atomic E-state index is 13.0. The van der Waals surface area contributed by atoms with Crippen LogP contribution in [0, 0.1) is 0 Å².